The summed E-state index contributed by atoms with van der Waals surface area (Å²) in [7, 11) is 1.55. The second kappa shape index (κ2) is 6.15. The Morgan fingerprint density at radius 1 is 1.41 bits per heavy atom. The van der Waals surface area contributed by atoms with Gasteiger partial charge >= 0.3 is 0 Å². The van der Waals surface area contributed by atoms with E-state index in [1.807, 2.05) is 0 Å². The second-order valence-electron chi connectivity index (χ2n) is 4.11. The third-order valence-electron chi connectivity index (χ3n) is 2.52. The van der Waals surface area contributed by atoms with Crippen LogP contribution >= 0.6 is 0 Å². The number of hydrogen-bond donors (Lipinski definition) is 3. The predicted molar refractivity (Wildman–Crippen MR) is 66.7 cm³/mol. The molecular weight excluding hydrogens is 218 g/mol. The molecule has 0 aliphatic heterocycles. The lowest BCUT2D eigenvalue weighted by Crippen LogP contribution is -2.34. The zero-order valence-electron chi connectivity index (χ0n) is 10.4. The first kappa shape index (κ1) is 13.4. The van der Waals surface area contributed by atoms with E-state index in [1.165, 1.54) is 0 Å². The fourth-order valence-electron chi connectivity index (χ4n) is 1.35. The lowest BCUT2D eigenvalue weighted by molar-refractivity contribution is 0.0957. The average Bonchev–Trinajstić information content (AvgIpc) is 2.35. The Hall–Kier alpha value is -1.69. The van der Waals surface area contributed by atoms with Crippen molar-refractivity contribution in [1.29, 1.82) is 0 Å². The molecule has 1 rings (SSSR count). The van der Waals surface area contributed by atoms with Gasteiger partial charge in [0.2, 0.25) is 0 Å². The van der Waals surface area contributed by atoms with Crippen LogP contribution in [0.25, 0.3) is 0 Å². The number of anilines is 1. The molecule has 0 saturated carbocycles. The highest BCUT2D eigenvalue weighted by atomic mass is 16.1. The Bertz CT molecular complexity index is 363. The standard InChI is InChI=1S/C11H19N5O/c1-7(2)9(6-12)14-10-5-4-8(15-16-10)11(17)13-3/h4-5,7,9H,6,12H2,1-3H3,(H,13,17)(H,14,16). The van der Waals surface area contributed by atoms with Crippen LogP contribution in [0, 0.1) is 5.92 Å². The fraction of sp³-hybridized carbons (Fsp3) is 0.545. The molecule has 0 bridgehead atoms. The molecule has 6 nitrogen and oxygen atoms in total. The van der Waals surface area contributed by atoms with Crippen LogP contribution in [0.3, 0.4) is 0 Å². The third-order valence-corrected chi connectivity index (χ3v) is 2.52. The highest BCUT2D eigenvalue weighted by Gasteiger charge is 2.12. The monoisotopic (exact) mass is 237 g/mol. The molecule has 6 heteroatoms. The van der Waals surface area contributed by atoms with Gasteiger partial charge in [0, 0.05) is 19.6 Å². The lowest BCUT2D eigenvalue weighted by atomic mass is 10.1. The first-order valence-corrected chi connectivity index (χ1v) is 5.61. The summed E-state index contributed by atoms with van der Waals surface area (Å²) in [5, 5.41) is 13.4. The molecule has 1 unspecified atom stereocenters. The second-order valence-corrected chi connectivity index (χ2v) is 4.11. The van der Waals surface area contributed by atoms with Gasteiger partial charge in [-0.2, -0.15) is 0 Å². The van der Waals surface area contributed by atoms with Crippen LogP contribution in [0.5, 0.6) is 0 Å². The van der Waals surface area contributed by atoms with Crippen molar-refractivity contribution >= 4 is 11.7 Å². The molecule has 0 saturated heterocycles. The Morgan fingerprint density at radius 2 is 2.12 bits per heavy atom. The van der Waals surface area contributed by atoms with Crippen LogP contribution in [0.15, 0.2) is 12.1 Å². The van der Waals surface area contributed by atoms with E-state index in [1.54, 1.807) is 19.2 Å². The van der Waals surface area contributed by atoms with Crippen molar-refractivity contribution in [2.75, 3.05) is 18.9 Å². The van der Waals surface area contributed by atoms with Crippen LogP contribution in [0.2, 0.25) is 0 Å². The number of hydrogen-bond acceptors (Lipinski definition) is 5. The Balaban J connectivity index is 2.71. The number of nitrogens with one attached hydrogen (secondary N) is 2. The summed E-state index contributed by atoms with van der Waals surface area (Å²) in [6, 6.07) is 3.50. The van der Waals surface area contributed by atoms with E-state index in [9.17, 15) is 4.79 Å². The van der Waals surface area contributed by atoms with Crippen LogP contribution in [0.4, 0.5) is 5.82 Å². The highest BCUT2D eigenvalue weighted by molar-refractivity contribution is 5.91. The predicted octanol–water partition coefficient (Wildman–Crippen LogP) is 0.231. The van der Waals surface area contributed by atoms with Gasteiger partial charge < -0.3 is 16.4 Å². The van der Waals surface area contributed by atoms with E-state index in [-0.39, 0.29) is 11.9 Å². The zero-order valence-corrected chi connectivity index (χ0v) is 10.4. The first-order valence-electron chi connectivity index (χ1n) is 5.61. The molecule has 17 heavy (non-hydrogen) atoms. The van der Waals surface area contributed by atoms with Gasteiger partial charge in [-0.25, -0.2) is 0 Å². The molecule has 0 aliphatic rings. The van der Waals surface area contributed by atoms with Crippen molar-refractivity contribution in [2.24, 2.45) is 11.7 Å². The molecule has 0 fully saturated rings. The minimum Gasteiger partial charge on any atom is -0.364 e. The summed E-state index contributed by atoms with van der Waals surface area (Å²) in [4.78, 5) is 11.3. The summed E-state index contributed by atoms with van der Waals surface area (Å²) < 4.78 is 0. The number of rotatable bonds is 5. The smallest absolute Gasteiger partial charge is 0.271 e. The molecular formula is C11H19N5O. The molecule has 0 aromatic carbocycles. The average molecular weight is 237 g/mol. The molecule has 1 aromatic rings. The number of nitrogens with two attached hydrogens (primary N) is 1. The molecule has 4 N–H and O–H groups in total. The largest absolute Gasteiger partial charge is 0.364 e. The van der Waals surface area contributed by atoms with Gasteiger partial charge in [0.05, 0.1) is 0 Å². The SMILES string of the molecule is CNC(=O)c1ccc(NC(CN)C(C)C)nn1. The Labute approximate surface area is 101 Å². The summed E-state index contributed by atoms with van der Waals surface area (Å²) in [5.41, 5.74) is 5.94. The van der Waals surface area contributed by atoms with E-state index in [0.29, 0.717) is 24.0 Å². The van der Waals surface area contributed by atoms with Crippen molar-refractivity contribution in [1.82, 2.24) is 15.5 Å². The van der Waals surface area contributed by atoms with Crippen LogP contribution in [0.1, 0.15) is 24.3 Å². The molecule has 94 valence electrons. The molecule has 1 atom stereocenters. The van der Waals surface area contributed by atoms with Gasteiger partial charge in [-0.15, -0.1) is 10.2 Å². The van der Waals surface area contributed by atoms with Gasteiger partial charge in [-0.1, -0.05) is 13.8 Å². The molecule has 0 aliphatic carbocycles. The van der Waals surface area contributed by atoms with E-state index < -0.39 is 0 Å². The number of carbonyl (C=O) groups is 1. The fourth-order valence-corrected chi connectivity index (χ4v) is 1.35. The minimum absolute atomic E-state index is 0.148. The van der Waals surface area contributed by atoms with Crippen LogP contribution < -0.4 is 16.4 Å². The first-order chi connectivity index (χ1) is 8.08. The van der Waals surface area contributed by atoms with Gasteiger partial charge in [0.15, 0.2) is 5.69 Å². The lowest BCUT2D eigenvalue weighted by Gasteiger charge is -2.20. The van der Waals surface area contributed by atoms with E-state index >= 15 is 0 Å². The molecule has 1 heterocycles. The van der Waals surface area contributed by atoms with Gasteiger partial charge in [-0.05, 0) is 18.1 Å². The van der Waals surface area contributed by atoms with E-state index in [2.05, 4.69) is 34.7 Å². The quantitative estimate of drug-likeness (QED) is 0.681. The summed E-state index contributed by atoms with van der Waals surface area (Å²) in [6.45, 7) is 4.68. The molecule has 1 aromatic heterocycles. The van der Waals surface area contributed by atoms with Gasteiger partial charge in [-0.3, -0.25) is 4.79 Å². The number of carbonyl (C=O) groups excluding carboxylic acids is 1. The number of aromatic nitrogens is 2. The van der Waals surface area contributed by atoms with E-state index in [4.69, 9.17) is 5.73 Å². The van der Waals surface area contributed by atoms with Gasteiger partial charge in [0.1, 0.15) is 5.82 Å². The van der Waals surface area contributed by atoms with Crippen molar-refractivity contribution in [3.8, 4) is 0 Å². The summed E-state index contributed by atoms with van der Waals surface area (Å²) in [6.07, 6.45) is 0. The molecule has 0 spiro atoms. The molecule has 1 amide bonds. The van der Waals surface area contributed by atoms with Crippen LogP contribution in [-0.2, 0) is 0 Å². The van der Waals surface area contributed by atoms with Crippen LogP contribution in [-0.4, -0.2) is 35.7 Å². The molecule has 0 radical (unpaired) electrons. The number of amides is 1. The zero-order chi connectivity index (χ0) is 12.8. The van der Waals surface area contributed by atoms with Crippen molar-refractivity contribution in [3.63, 3.8) is 0 Å². The summed E-state index contributed by atoms with van der Waals surface area (Å²) >= 11 is 0. The van der Waals surface area contributed by atoms with Crippen molar-refractivity contribution in [2.45, 2.75) is 19.9 Å². The highest BCUT2D eigenvalue weighted by Crippen LogP contribution is 2.08. The van der Waals surface area contributed by atoms with Gasteiger partial charge in [0.25, 0.3) is 5.91 Å². The maximum atomic E-state index is 11.3. The van der Waals surface area contributed by atoms with E-state index in [0.717, 1.165) is 0 Å². The topological polar surface area (TPSA) is 92.9 Å². The van der Waals surface area contributed by atoms with Crippen molar-refractivity contribution < 1.29 is 4.79 Å². The maximum Gasteiger partial charge on any atom is 0.271 e. The number of nitrogens with zero attached hydrogens (tertiary/aromatic N) is 2. The minimum atomic E-state index is -0.247. The third kappa shape index (κ3) is 3.67. The summed E-state index contributed by atoms with van der Waals surface area (Å²) in [5.74, 6) is 0.783. The van der Waals surface area contributed by atoms with Crippen molar-refractivity contribution in [3.05, 3.63) is 17.8 Å². The maximum absolute atomic E-state index is 11.3. The Kier molecular flexibility index (Phi) is 4.84. The normalized spacial score (nSPS) is 12.3. The Morgan fingerprint density at radius 3 is 2.53 bits per heavy atom.